The number of sulfonamides is 1. The van der Waals surface area contributed by atoms with Crippen LogP contribution in [0.1, 0.15) is 47.8 Å². The van der Waals surface area contributed by atoms with Crippen molar-refractivity contribution in [2.45, 2.75) is 45.7 Å². The lowest BCUT2D eigenvalue weighted by atomic mass is 10.1. The standard InChI is InChI=1S/C22H31N3O3S/c1-5-25(17(2)3)15-19-10-12-21(13-11-19)22(26)24-14-18-6-8-20(9-7-18)16-29(27,28)23-4/h6-13,17,23H,5,14-16H2,1-4H3,(H,24,26). The van der Waals surface area contributed by atoms with Gasteiger partial charge in [0.05, 0.1) is 5.75 Å². The van der Waals surface area contributed by atoms with Crippen molar-refractivity contribution in [3.05, 3.63) is 70.8 Å². The molecule has 0 aliphatic rings. The Kier molecular flexibility index (Phi) is 8.37. The van der Waals surface area contributed by atoms with Gasteiger partial charge in [0.15, 0.2) is 0 Å². The molecule has 1 amide bonds. The van der Waals surface area contributed by atoms with Gasteiger partial charge < -0.3 is 5.32 Å². The van der Waals surface area contributed by atoms with Gasteiger partial charge in [-0.1, -0.05) is 43.3 Å². The van der Waals surface area contributed by atoms with Crippen LogP contribution in [0.4, 0.5) is 0 Å². The molecule has 6 nitrogen and oxygen atoms in total. The molecule has 0 aliphatic heterocycles. The second kappa shape index (κ2) is 10.5. The number of nitrogens with zero attached hydrogens (tertiary/aromatic N) is 1. The van der Waals surface area contributed by atoms with Crippen molar-refractivity contribution in [1.82, 2.24) is 14.9 Å². The summed E-state index contributed by atoms with van der Waals surface area (Å²) >= 11 is 0. The molecular weight excluding hydrogens is 386 g/mol. The maximum atomic E-state index is 12.4. The van der Waals surface area contributed by atoms with Crippen molar-refractivity contribution in [2.24, 2.45) is 0 Å². The van der Waals surface area contributed by atoms with Gasteiger partial charge in [-0.25, -0.2) is 13.1 Å². The SMILES string of the molecule is CCN(Cc1ccc(C(=O)NCc2ccc(CS(=O)(=O)NC)cc2)cc1)C(C)C. The number of carbonyl (C=O) groups is 1. The average molecular weight is 418 g/mol. The molecule has 0 aliphatic carbocycles. The van der Waals surface area contributed by atoms with E-state index in [9.17, 15) is 13.2 Å². The van der Waals surface area contributed by atoms with Gasteiger partial charge in [0.25, 0.3) is 5.91 Å². The van der Waals surface area contributed by atoms with Crippen LogP contribution in [0.5, 0.6) is 0 Å². The molecule has 2 rings (SSSR count). The molecule has 0 spiro atoms. The van der Waals surface area contributed by atoms with Crippen LogP contribution in [0.15, 0.2) is 48.5 Å². The summed E-state index contributed by atoms with van der Waals surface area (Å²) in [6.45, 7) is 8.74. The molecule has 0 bridgehead atoms. The van der Waals surface area contributed by atoms with Gasteiger partial charge in [0.1, 0.15) is 0 Å². The molecule has 2 aromatic rings. The second-order valence-electron chi connectivity index (χ2n) is 7.32. The summed E-state index contributed by atoms with van der Waals surface area (Å²) in [5.41, 5.74) is 3.42. The van der Waals surface area contributed by atoms with E-state index in [1.165, 1.54) is 12.6 Å². The van der Waals surface area contributed by atoms with E-state index in [4.69, 9.17) is 0 Å². The molecule has 2 N–H and O–H groups in total. The van der Waals surface area contributed by atoms with Crippen LogP contribution in [0.2, 0.25) is 0 Å². The van der Waals surface area contributed by atoms with Gasteiger partial charge in [0, 0.05) is 24.7 Å². The molecular formula is C22H31N3O3S. The van der Waals surface area contributed by atoms with Gasteiger partial charge in [0.2, 0.25) is 10.0 Å². The van der Waals surface area contributed by atoms with Gasteiger partial charge in [-0.3, -0.25) is 9.69 Å². The lowest BCUT2D eigenvalue weighted by Crippen LogP contribution is -2.30. The molecule has 158 valence electrons. The van der Waals surface area contributed by atoms with Crippen LogP contribution in [0, 0.1) is 0 Å². The number of nitrogens with one attached hydrogen (secondary N) is 2. The Hall–Kier alpha value is -2.22. The van der Waals surface area contributed by atoms with Gasteiger partial charge in [-0.05, 0) is 56.3 Å². The molecule has 0 aromatic heterocycles. The monoisotopic (exact) mass is 417 g/mol. The summed E-state index contributed by atoms with van der Waals surface area (Å²) in [5, 5.41) is 2.90. The number of amides is 1. The highest BCUT2D eigenvalue weighted by atomic mass is 32.2. The summed E-state index contributed by atoms with van der Waals surface area (Å²) in [5.74, 6) is -0.191. The molecule has 0 saturated carbocycles. The Morgan fingerprint density at radius 3 is 2.03 bits per heavy atom. The van der Waals surface area contributed by atoms with Gasteiger partial charge in [-0.2, -0.15) is 0 Å². The smallest absolute Gasteiger partial charge is 0.251 e. The molecule has 2 aromatic carbocycles. The number of hydrogen-bond donors (Lipinski definition) is 2. The van der Waals surface area contributed by atoms with E-state index in [0.29, 0.717) is 23.7 Å². The molecule has 0 radical (unpaired) electrons. The second-order valence-corrected chi connectivity index (χ2v) is 9.24. The zero-order valence-corrected chi connectivity index (χ0v) is 18.4. The first-order chi connectivity index (χ1) is 13.7. The van der Waals surface area contributed by atoms with E-state index in [1.807, 2.05) is 36.4 Å². The summed E-state index contributed by atoms with van der Waals surface area (Å²) < 4.78 is 25.5. The van der Waals surface area contributed by atoms with Crippen molar-refractivity contribution in [2.75, 3.05) is 13.6 Å². The highest BCUT2D eigenvalue weighted by molar-refractivity contribution is 7.88. The average Bonchev–Trinajstić information content (AvgIpc) is 2.71. The maximum Gasteiger partial charge on any atom is 0.251 e. The highest BCUT2D eigenvalue weighted by Gasteiger charge is 2.10. The number of hydrogen-bond acceptors (Lipinski definition) is 4. The zero-order chi connectivity index (χ0) is 21.4. The normalized spacial score (nSPS) is 11.8. The number of benzene rings is 2. The zero-order valence-electron chi connectivity index (χ0n) is 17.6. The van der Waals surface area contributed by atoms with Crippen molar-refractivity contribution >= 4 is 15.9 Å². The van der Waals surface area contributed by atoms with Crippen LogP contribution >= 0.6 is 0 Å². The van der Waals surface area contributed by atoms with Crippen molar-refractivity contribution in [3.63, 3.8) is 0 Å². The Balaban J connectivity index is 1.90. The minimum Gasteiger partial charge on any atom is -0.348 e. The third-order valence-electron chi connectivity index (χ3n) is 4.88. The van der Waals surface area contributed by atoms with Crippen molar-refractivity contribution in [1.29, 1.82) is 0 Å². The van der Waals surface area contributed by atoms with Crippen molar-refractivity contribution in [3.8, 4) is 0 Å². The van der Waals surface area contributed by atoms with E-state index >= 15 is 0 Å². The minimum atomic E-state index is -3.29. The van der Waals surface area contributed by atoms with Crippen LogP contribution < -0.4 is 10.0 Å². The van der Waals surface area contributed by atoms with Crippen LogP contribution in [0.3, 0.4) is 0 Å². The summed E-state index contributed by atoms with van der Waals surface area (Å²) in [6.07, 6.45) is 0. The Morgan fingerprint density at radius 1 is 0.966 bits per heavy atom. The third-order valence-corrected chi connectivity index (χ3v) is 6.22. The maximum absolute atomic E-state index is 12.4. The van der Waals surface area contributed by atoms with Crippen LogP contribution in [0.25, 0.3) is 0 Å². The molecule has 7 heteroatoms. The number of rotatable bonds is 10. The Bertz CT molecular complexity index is 892. The topological polar surface area (TPSA) is 78.5 Å². The Morgan fingerprint density at radius 2 is 1.52 bits per heavy atom. The summed E-state index contributed by atoms with van der Waals surface area (Å²) in [6, 6.07) is 15.4. The predicted octanol–water partition coefficient (Wildman–Crippen LogP) is 2.90. The summed E-state index contributed by atoms with van der Waals surface area (Å²) in [7, 11) is -1.89. The fraction of sp³-hybridized carbons (Fsp3) is 0.409. The summed E-state index contributed by atoms with van der Waals surface area (Å²) in [4.78, 5) is 14.8. The predicted molar refractivity (Wildman–Crippen MR) is 117 cm³/mol. The number of carbonyl (C=O) groups excluding carboxylic acids is 1. The van der Waals surface area contributed by atoms with Crippen LogP contribution in [-0.2, 0) is 28.9 Å². The third kappa shape index (κ3) is 7.27. The first-order valence-corrected chi connectivity index (χ1v) is 11.5. The molecule has 0 saturated heterocycles. The Labute approximate surface area is 174 Å². The van der Waals surface area contributed by atoms with E-state index < -0.39 is 10.0 Å². The quantitative estimate of drug-likeness (QED) is 0.623. The molecule has 0 heterocycles. The van der Waals surface area contributed by atoms with E-state index in [0.717, 1.165) is 18.7 Å². The first-order valence-electron chi connectivity index (χ1n) is 9.84. The fourth-order valence-electron chi connectivity index (χ4n) is 2.98. The fourth-order valence-corrected chi connectivity index (χ4v) is 3.76. The molecule has 29 heavy (non-hydrogen) atoms. The van der Waals surface area contributed by atoms with E-state index in [2.05, 4.69) is 35.7 Å². The highest BCUT2D eigenvalue weighted by Crippen LogP contribution is 2.11. The van der Waals surface area contributed by atoms with E-state index in [-0.39, 0.29) is 11.7 Å². The van der Waals surface area contributed by atoms with Gasteiger partial charge in [-0.15, -0.1) is 0 Å². The van der Waals surface area contributed by atoms with E-state index in [1.54, 1.807) is 12.1 Å². The lowest BCUT2D eigenvalue weighted by Gasteiger charge is -2.24. The molecule has 0 atom stereocenters. The molecule has 0 unspecified atom stereocenters. The van der Waals surface area contributed by atoms with Crippen LogP contribution in [-0.4, -0.2) is 38.9 Å². The lowest BCUT2D eigenvalue weighted by molar-refractivity contribution is 0.0951. The largest absolute Gasteiger partial charge is 0.348 e. The van der Waals surface area contributed by atoms with Crippen molar-refractivity contribution < 1.29 is 13.2 Å². The molecule has 0 fully saturated rings. The minimum absolute atomic E-state index is 0.0608. The first kappa shape index (κ1) is 23.1. The van der Waals surface area contributed by atoms with Gasteiger partial charge >= 0.3 is 0 Å².